The van der Waals surface area contributed by atoms with Crippen LogP contribution in [0.4, 0.5) is 0 Å². The van der Waals surface area contributed by atoms with Gasteiger partial charge in [0.15, 0.2) is 0 Å². The summed E-state index contributed by atoms with van der Waals surface area (Å²) in [5, 5.41) is 6.34. The molecule has 2 amide bonds. The zero-order valence-electron chi connectivity index (χ0n) is 16.3. The average Bonchev–Trinajstić information content (AvgIpc) is 3.13. The first-order valence-corrected chi connectivity index (χ1v) is 9.69. The average molecular weight is 426 g/mol. The highest BCUT2D eigenvalue weighted by Crippen LogP contribution is 2.21. The van der Waals surface area contributed by atoms with Gasteiger partial charge in [0.05, 0.1) is 22.9 Å². The Hall–Kier alpha value is -2.02. The van der Waals surface area contributed by atoms with E-state index in [-0.39, 0.29) is 28.5 Å². The van der Waals surface area contributed by atoms with Gasteiger partial charge in [-0.1, -0.05) is 37.0 Å². The van der Waals surface area contributed by atoms with Gasteiger partial charge in [-0.15, -0.1) is 0 Å². The summed E-state index contributed by atoms with van der Waals surface area (Å²) in [4.78, 5) is 27.3. The number of furan rings is 1. The normalized spacial score (nSPS) is 13.4. The van der Waals surface area contributed by atoms with Gasteiger partial charge in [-0.3, -0.25) is 14.5 Å². The minimum absolute atomic E-state index is 0.114. The number of carbonyl (C=O) groups is 2. The lowest BCUT2D eigenvalue weighted by molar-refractivity contribution is -0.124. The van der Waals surface area contributed by atoms with E-state index in [0.717, 1.165) is 5.76 Å². The molecule has 1 aromatic carbocycles. The summed E-state index contributed by atoms with van der Waals surface area (Å²) in [7, 11) is 3.81. The van der Waals surface area contributed by atoms with Crippen LogP contribution in [0.1, 0.15) is 36.0 Å². The van der Waals surface area contributed by atoms with Crippen molar-refractivity contribution in [1.29, 1.82) is 0 Å². The molecule has 0 bridgehead atoms. The molecule has 0 aliphatic heterocycles. The van der Waals surface area contributed by atoms with E-state index in [1.807, 2.05) is 38.9 Å². The molecule has 8 heteroatoms. The molecule has 28 heavy (non-hydrogen) atoms. The van der Waals surface area contributed by atoms with E-state index in [4.69, 9.17) is 27.6 Å². The Morgan fingerprint density at radius 3 is 2.43 bits per heavy atom. The summed E-state index contributed by atoms with van der Waals surface area (Å²) < 4.78 is 5.45. The zero-order chi connectivity index (χ0) is 20.8. The number of amides is 2. The van der Waals surface area contributed by atoms with E-state index in [2.05, 4.69) is 10.6 Å². The van der Waals surface area contributed by atoms with Gasteiger partial charge in [-0.2, -0.15) is 0 Å². The lowest BCUT2D eigenvalue weighted by atomic mass is 10.0. The smallest absolute Gasteiger partial charge is 0.253 e. The number of carbonyl (C=O) groups excluding carboxylic acids is 2. The highest BCUT2D eigenvalue weighted by Gasteiger charge is 2.27. The van der Waals surface area contributed by atoms with Crippen molar-refractivity contribution in [3.8, 4) is 0 Å². The van der Waals surface area contributed by atoms with Crippen molar-refractivity contribution in [2.45, 2.75) is 25.9 Å². The number of rotatable bonds is 8. The van der Waals surface area contributed by atoms with Gasteiger partial charge in [-0.05, 0) is 50.3 Å². The predicted octanol–water partition coefficient (Wildman–Crippen LogP) is 3.76. The van der Waals surface area contributed by atoms with Crippen LogP contribution in [-0.4, -0.2) is 43.4 Å². The number of nitrogens with one attached hydrogen (secondary N) is 2. The zero-order valence-corrected chi connectivity index (χ0v) is 17.8. The Morgan fingerprint density at radius 2 is 1.89 bits per heavy atom. The molecular formula is C20H25Cl2N3O3. The number of hydrogen-bond acceptors (Lipinski definition) is 4. The lowest BCUT2D eigenvalue weighted by Crippen LogP contribution is -2.51. The summed E-state index contributed by atoms with van der Waals surface area (Å²) in [5.41, 5.74) is 0.270. The van der Waals surface area contributed by atoms with Crippen molar-refractivity contribution in [2.24, 2.45) is 5.92 Å². The summed E-state index contributed by atoms with van der Waals surface area (Å²) in [6, 6.07) is 7.45. The Kier molecular flexibility index (Phi) is 7.92. The molecule has 2 aromatic rings. The monoisotopic (exact) mass is 425 g/mol. The first kappa shape index (κ1) is 22.3. The molecule has 152 valence electrons. The molecule has 2 rings (SSSR count). The summed E-state index contributed by atoms with van der Waals surface area (Å²) in [5.74, 6) is -0.0580. The van der Waals surface area contributed by atoms with Crippen LogP contribution >= 0.6 is 23.2 Å². The maximum absolute atomic E-state index is 12.8. The molecule has 2 N–H and O–H groups in total. The number of halogens is 2. The van der Waals surface area contributed by atoms with Gasteiger partial charge >= 0.3 is 0 Å². The van der Waals surface area contributed by atoms with Gasteiger partial charge in [0.2, 0.25) is 5.91 Å². The first-order chi connectivity index (χ1) is 13.2. The molecule has 1 heterocycles. The largest absolute Gasteiger partial charge is 0.468 e. The van der Waals surface area contributed by atoms with Gasteiger partial charge in [-0.25, -0.2) is 0 Å². The topological polar surface area (TPSA) is 74.6 Å². The van der Waals surface area contributed by atoms with Crippen LogP contribution in [0.15, 0.2) is 41.0 Å². The fourth-order valence-corrected chi connectivity index (χ4v) is 3.25. The molecule has 0 unspecified atom stereocenters. The van der Waals surface area contributed by atoms with Crippen LogP contribution in [0.25, 0.3) is 0 Å². The van der Waals surface area contributed by atoms with E-state index >= 15 is 0 Å². The molecule has 0 radical (unpaired) electrons. The molecule has 2 atom stereocenters. The Morgan fingerprint density at radius 1 is 1.18 bits per heavy atom. The van der Waals surface area contributed by atoms with Crippen LogP contribution in [0.3, 0.4) is 0 Å². The van der Waals surface area contributed by atoms with Crippen molar-refractivity contribution >= 4 is 35.0 Å². The molecule has 0 saturated carbocycles. The van der Waals surface area contributed by atoms with Gasteiger partial charge in [0.25, 0.3) is 5.91 Å². The highest BCUT2D eigenvalue weighted by molar-refractivity contribution is 6.36. The molecule has 0 aliphatic carbocycles. The summed E-state index contributed by atoms with van der Waals surface area (Å²) >= 11 is 12.0. The maximum atomic E-state index is 12.8. The predicted molar refractivity (Wildman–Crippen MR) is 111 cm³/mol. The van der Waals surface area contributed by atoms with E-state index in [0.29, 0.717) is 11.6 Å². The van der Waals surface area contributed by atoms with Crippen molar-refractivity contribution in [3.05, 3.63) is 58.0 Å². The maximum Gasteiger partial charge on any atom is 0.253 e. The van der Waals surface area contributed by atoms with E-state index in [9.17, 15) is 9.59 Å². The van der Waals surface area contributed by atoms with Crippen molar-refractivity contribution in [2.75, 3.05) is 20.6 Å². The Bertz CT molecular complexity index is 807. The van der Waals surface area contributed by atoms with Gasteiger partial charge < -0.3 is 15.1 Å². The molecular weight excluding hydrogens is 401 g/mol. The van der Waals surface area contributed by atoms with Crippen LogP contribution in [0, 0.1) is 5.92 Å². The van der Waals surface area contributed by atoms with Gasteiger partial charge in [0, 0.05) is 11.6 Å². The molecule has 6 nitrogen and oxygen atoms in total. The second-order valence-electron chi connectivity index (χ2n) is 7.06. The molecule has 0 aliphatic rings. The lowest BCUT2D eigenvalue weighted by Gasteiger charge is -2.26. The Labute approximate surface area is 175 Å². The minimum atomic E-state index is -0.710. The van der Waals surface area contributed by atoms with E-state index in [1.165, 1.54) is 12.1 Å². The van der Waals surface area contributed by atoms with E-state index in [1.54, 1.807) is 18.4 Å². The minimum Gasteiger partial charge on any atom is -0.468 e. The summed E-state index contributed by atoms with van der Waals surface area (Å²) in [6.07, 6.45) is 1.60. The number of nitrogens with zero attached hydrogens (tertiary/aromatic N) is 1. The SMILES string of the molecule is CC(C)[C@@H](NC(=O)c1ccc(Cl)cc1Cl)C(=O)NC[C@@H](c1ccco1)N(C)C. The molecule has 1 aromatic heterocycles. The first-order valence-electron chi connectivity index (χ1n) is 8.94. The fraction of sp³-hybridized carbons (Fsp3) is 0.400. The second-order valence-corrected chi connectivity index (χ2v) is 7.90. The number of likely N-dealkylation sites (N-methyl/N-ethyl adjacent to an activating group) is 1. The fourth-order valence-electron chi connectivity index (χ4n) is 2.75. The number of hydrogen-bond donors (Lipinski definition) is 2. The molecule has 0 fully saturated rings. The van der Waals surface area contributed by atoms with Crippen molar-refractivity contribution < 1.29 is 14.0 Å². The van der Waals surface area contributed by atoms with Crippen molar-refractivity contribution in [3.63, 3.8) is 0 Å². The Balaban J connectivity index is 2.06. The van der Waals surface area contributed by atoms with Gasteiger partial charge in [0.1, 0.15) is 11.8 Å². The summed E-state index contributed by atoms with van der Waals surface area (Å²) in [6.45, 7) is 4.08. The van der Waals surface area contributed by atoms with Crippen molar-refractivity contribution in [1.82, 2.24) is 15.5 Å². The second kappa shape index (κ2) is 9.96. The quantitative estimate of drug-likeness (QED) is 0.674. The highest BCUT2D eigenvalue weighted by atomic mass is 35.5. The van der Waals surface area contributed by atoms with E-state index < -0.39 is 11.9 Å². The molecule has 0 spiro atoms. The third-order valence-electron chi connectivity index (χ3n) is 4.38. The standard InChI is InChI=1S/C20H25Cl2N3O3/c1-12(2)18(24-19(26)14-8-7-13(21)10-15(14)22)20(27)23-11-16(25(3)4)17-6-5-9-28-17/h5-10,12,16,18H,11H2,1-4H3,(H,23,27)(H,24,26)/t16-,18+/m0/s1. The third kappa shape index (κ3) is 5.74. The van der Waals surface area contributed by atoms with Crippen LogP contribution in [0.5, 0.6) is 0 Å². The third-order valence-corrected chi connectivity index (χ3v) is 4.92. The van der Waals surface area contributed by atoms with Crippen LogP contribution in [0.2, 0.25) is 10.0 Å². The van der Waals surface area contributed by atoms with Crippen LogP contribution < -0.4 is 10.6 Å². The molecule has 0 saturated heterocycles. The number of benzene rings is 1. The van der Waals surface area contributed by atoms with Crippen LogP contribution in [-0.2, 0) is 4.79 Å².